The summed E-state index contributed by atoms with van der Waals surface area (Å²) in [5, 5.41) is 4.28. The first-order valence-electron chi connectivity index (χ1n) is 8.65. The van der Waals surface area contributed by atoms with Gasteiger partial charge in [0.15, 0.2) is 0 Å². The monoisotopic (exact) mass is 321 g/mol. The van der Waals surface area contributed by atoms with Gasteiger partial charge < -0.3 is 5.32 Å². The highest BCUT2D eigenvalue weighted by molar-refractivity contribution is 6.30. The van der Waals surface area contributed by atoms with Crippen LogP contribution in [0.2, 0.25) is 5.02 Å². The molecule has 2 heterocycles. The standard InChI is InChI=1S/C18H28ClN3/c1-15-3-2-10-22(13-15)18(14-21-11-8-20-9-12-21)16-4-6-17(19)7-5-16/h4-7,15,18,20H,2-3,8-14H2,1H3. The SMILES string of the molecule is CC1CCCN(C(CN2CCNCC2)c2ccc(Cl)cc2)C1. The summed E-state index contributed by atoms with van der Waals surface area (Å²) < 4.78 is 0. The van der Waals surface area contributed by atoms with E-state index in [1.165, 1.54) is 31.5 Å². The molecule has 0 bridgehead atoms. The van der Waals surface area contributed by atoms with Crippen LogP contribution in [-0.2, 0) is 0 Å². The highest BCUT2D eigenvalue weighted by Gasteiger charge is 2.27. The molecule has 2 unspecified atom stereocenters. The number of rotatable bonds is 4. The molecule has 0 aliphatic carbocycles. The van der Waals surface area contributed by atoms with Crippen molar-refractivity contribution in [3.05, 3.63) is 34.9 Å². The molecule has 2 saturated heterocycles. The zero-order valence-corrected chi connectivity index (χ0v) is 14.4. The third-order valence-corrected chi connectivity index (χ3v) is 5.28. The first kappa shape index (κ1) is 16.3. The lowest BCUT2D eigenvalue weighted by Gasteiger charge is -2.40. The van der Waals surface area contributed by atoms with Gasteiger partial charge in [0, 0.05) is 50.3 Å². The van der Waals surface area contributed by atoms with Crippen LogP contribution in [0.25, 0.3) is 0 Å². The van der Waals surface area contributed by atoms with Crippen molar-refractivity contribution in [2.45, 2.75) is 25.8 Å². The summed E-state index contributed by atoms with van der Waals surface area (Å²) in [6.07, 6.45) is 2.70. The minimum absolute atomic E-state index is 0.498. The molecule has 0 amide bonds. The van der Waals surface area contributed by atoms with Gasteiger partial charge in [-0.25, -0.2) is 0 Å². The number of likely N-dealkylation sites (tertiary alicyclic amines) is 1. The summed E-state index contributed by atoms with van der Waals surface area (Å²) in [7, 11) is 0. The van der Waals surface area contributed by atoms with Crippen molar-refractivity contribution < 1.29 is 0 Å². The van der Waals surface area contributed by atoms with Crippen molar-refractivity contribution in [2.75, 3.05) is 45.8 Å². The van der Waals surface area contributed by atoms with Crippen LogP contribution < -0.4 is 5.32 Å². The van der Waals surface area contributed by atoms with Gasteiger partial charge in [-0.05, 0) is 43.0 Å². The molecule has 1 aromatic carbocycles. The third kappa shape index (κ3) is 4.23. The molecule has 2 atom stereocenters. The molecule has 4 heteroatoms. The zero-order chi connectivity index (χ0) is 15.4. The molecule has 0 spiro atoms. The van der Waals surface area contributed by atoms with E-state index in [-0.39, 0.29) is 0 Å². The van der Waals surface area contributed by atoms with Gasteiger partial charge >= 0.3 is 0 Å². The van der Waals surface area contributed by atoms with Crippen LogP contribution in [0.15, 0.2) is 24.3 Å². The van der Waals surface area contributed by atoms with E-state index in [0.717, 1.165) is 43.7 Å². The minimum Gasteiger partial charge on any atom is -0.314 e. The molecule has 0 radical (unpaired) electrons. The van der Waals surface area contributed by atoms with Gasteiger partial charge in [-0.2, -0.15) is 0 Å². The normalized spacial score (nSPS) is 26.0. The molecule has 2 aliphatic rings. The first-order valence-corrected chi connectivity index (χ1v) is 9.03. The van der Waals surface area contributed by atoms with Gasteiger partial charge in [0.1, 0.15) is 0 Å². The van der Waals surface area contributed by atoms with Crippen molar-refractivity contribution in [1.82, 2.24) is 15.1 Å². The summed E-state index contributed by atoms with van der Waals surface area (Å²) in [5.74, 6) is 0.812. The van der Waals surface area contributed by atoms with Gasteiger partial charge in [-0.3, -0.25) is 9.80 Å². The fourth-order valence-corrected chi connectivity index (χ4v) is 3.89. The number of hydrogen-bond acceptors (Lipinski definition) is 3. The number of piperidine rings is 1. The molecule has 0 aromatic heterocycles. The molecule has 0 saturated carbocycles. The fraction of sp³-hybridized carbons (Fsp3) is 0.667. The van der Waals surface area contributed by atoms with E-state index in [1.807, 2.05) is 12.1 Å². The number of nitrogens with one attached hydrogen (secondary N) is 1. The van der Waals surface area contributed by atoms with E-state index in [2.05, 4.69) is 34.2 Å². The lowest BCUT2D eigenvalue weighted by atomic mass is 9.95. The van der Waals surface area contributed by atoms with E-state index < -0.39 is 0 Å². The molecular weight excluding hydrogens is 294 g/mol. The molecule has 1 aromatic rings. The zero-order valence-electron chi connectivity index (χ0n) is 13.6. The minimum atomic E-state index is 0.498. The Morgan fingerprint density at radius 3 is 2.59 bits per heavy atom. The second-order valence-corrected chi connectivity index (χ2v) is 7.30. The van der Waals surface area contributed by atoms with E-state index >= 15 is 0 Å². The van der Waals surface area contributed by atoms with Crippen molar-refractivity contribution in [1.29, 1.82) is 0 Å². The van der Waals surface area contributed by atoms with Crippen LogP contribution >= 0.6 is 11.6 Å². The van der Waals surface area contributed by atoms with Crippen LogP contribution in [0.5, 0.6) is 0 Å². The van der Waals surface area contributed by atoms with Crippen molar-refractivity contribution in [3.63, 3.8) is 0 Å². The lowest BCUT2D eigenvalue weighted by molar-refractivity contribution is 0.0912. The number of piperazine rings is 1. The molecule has 2 aliphatic heterocycles. The first-order chi connectivity index (χ1) is 10.7. The van der Waals surface area contributed by atoms with E-state index in [4.69, 9.17) is 11.6 Å². The largest absolute Gasteiger partial charge is 0.314 e. The average molecular weight is 322 g/mol. The summed E-state index contributed by atoms with van der Waals surface area (Å²) >= 11 is 6.08. The fourth-order valence-electron chi connectivity index (χ4n) is 3.76. The second-order valence-electron chi connectivity index (χ2n) is 6.86. The maximum Gasteiger partial charge on any atom is 0.0475 e. The van der Waals surface area contributed by atoms with Crippen molar-refractivity contribution in [3.8, 4) is 0 Å². The van der Waals surface area contributed by atoms with Gasteiger partial charge in [0.25, 0.3) is 0 Å². The molecule has 1 N–H and O–H groups in total. The molecular formula is C18H28ClN3. The van der Waals surface area contributed by atoms with Gasteiger partial charge in [0.2, 0.25) is 0 Å². The van der Waals surface area contributed by atoms with Crippen LogP contribution in [0.4, 0.5) is 0 Å². The quantitative estimate of drug-likeness (QED) is 0.919. The van der Waals surface area contributed by atoms with E-state index in [1.54, 1.807) is 0 Å². The highest BCUT2D eigenvalue weighted by Crippen LogP contribution is 2.28. The van der Waals surface area contributed by atoms with Crippen molar-refractivity contribution in [2.24, 2.45) is 5.92 Å². The number of hydrogen-bond donors (Lipinski definition) is 1. The molecule has 2 fully saturated rings. The lowest BCUT2D eigenvalue weighted by Crippen LogP contribution is -2.48. The van der Waals surface area contributed by atoms with E-state index in [0.29, 0.717) is 6.04 Å². The predicted octanol–water partition coefficient (Wildman–Crippen LogP) is 3.02. The second kappa shape index (κ2) is 7.78. The Morgan fingerprint density at radius 2 is 1.91 bits per heavy atom. The van der Waals surface area contributed by atoms with Gasteiger partial charge in [0.05, 0.1) is 0 Å². The van der Waals surface area contributed by atoms with Crippen LogP contribution in [-0.4, -0.2) is 55.6 Å². The Hall–Kier alpha value is -0.610. The number of nitrogens with zero attached hydrogens (tertiary/aromatic N) is 2. The molecule has 3 rings (SSSR count). The highest BCUT2D eigenvalue weighted by atomic mass is 35.5. The molecule has 3 nitrogen and oxygen atoms in total. The Kier molecular flexibility index (Phi) is 5.75. The number of benzene rings is 1. The predicted molar refractivity (Wildman–Crippen MR) is 93.5 cm³/mol. The van der Waals surface area contributed by atoms with Crippen LogP contribution in [0, 0.1) is 5.92 Å². The summed E-state index contributed by atoms with van der Waals surface area (Å²) in [6, 6.07) is 9.01. The number of halogens is 1. The molecule has 22 heavy (non-hydrogen) atoms. The topological polar surface area (TPSA) is 18.5 Å². The van der Waals surface area contributed by atoms with E-state index in [9.17, 15) is 0 Å². The Morgan fingerprint density at radius 1 is 1.18 bits per heavy atom. The summed E-state index contributed by atoms with van der Waals surface area (Å²) in [6.45, 7) is 10.5. The summed E-state index contributed by atoms with van der Waals surface area (Å²) in [4.78, 5) is 5.30. The van der Waals surface area contributed by atoms with Gasteiger partial charge in [-0.1, -0.05) is 30.7 Å². The average Bonchev–Trinajstić information content (AvgIpc) is 2.55. The van der Waals surface area contributed by atoms with Gasteiger partial charge in [-0.15, -0.1) is 0 Å². The summed E-state index contributed by atoms with van der Waals surface area (Å²) in [5.41, 5.74) is 1.41. The van der Waals surface area contributed by atoms with Crippen molar-refractivity contribution >= 4 is 11.6 Å². The Balaban J connectivity index is 1.75. The third-order valence-electron chi connectivity index (χ3n) is 5.02. The maximum atomic E-state index is 6.08. The Bertz CT molecular complexity index is 456. The van der Waals surface area contributed by atoms with Crippen LogP contribution in [0.1, 0.15) is 31.4 Å². The molecule has 122 valence electrons. The smallest absolute Gasteiger partial charge is 0.0475 e. The Labute approximate surface area is 139 Å². The maximum absolute atomic E-state index is 6.08. The van der Waals surface area contributed by atoms with Crippen LogP contribution in [0.3, 0.4) is 0 Å².